The molecule has 1 rings (SSSR count). The van der Waals surface area contributed by atoms with Gasteiger partial charge in [-0.25, -0.2) is 4.98 Å². The summed E-state index contributed by atoms with van der Waals surface area (Å²) in [5.74, 6) is 0.952. The molecule has 1 aromatic rings. The van der Waals surface area contributed by atoms with Crippen molar-refractivity contribution in [1.29, 1.82) is 0 Å². The van der Waals surface area contributed by atoms with E-state index in [0.29, 0.717) is 13.2 Å². The molecule has 5 heteroatoms. The number of hydrogen-bond donors (Lipinski definition) is 1. The number of nitrogens with two attached hydrogens (primary N) is 1. The van der Waals surface area contributed by atoms with Gasteiger partial charge >= 0.3 is 0 Å². The van der Waals surface area contributed by atoms with Gasteiger partial charge in [0.2, 0.25) is 0 Å². The number of pyridine rings is 1. The summed E-state index contributed by atoms with van der Waals surface area (Å²) in [5.41, 5.74) is 7.15. The first kappa shape index (κ1) is 16.9. The Labute approximate surface area is 122 Å². The summed E-state index contributed by atoms with van der Waals surface area (Å²) in [5, 5.41) is 0. The molecule has 1 atom stereocenters. The summed E-state index contributed by atoms with van der Waals surface area (Å²) in [6.45, 7) is 5.06. The van der Waals surface area contributed by atoms with Crippen molar-refractivity contribution in [3.8, 4) is 0 Å². The fraction of sp³-hybridized carbons (Fsp3) is 0.667. The Balaban J connectivity index is 2.65. The molecule has 1 heterocycles. The summed E-state index contributed by atoms with van der Waals surface area (Å²) in [4.78, 5) is 6.69. The number of anilines is 1. The molecule has 1 aromatic heterocycles. The Kier molecular flexibility index (Phi) is 8.18. The van der Waals surface area contributed by atoms with E-state index in [9.17, 15) is 0 Å². The van der Waals surface area contributed by atoms with E-state index in [4.69, 9.17) is 15.2 Å². The van der Waals surface area contributed by atoms with Crippen LogP contribution in [0.3, 0.4) is 0 Å². The van der Waals surface area contributed by atoms with Crippen LogP contribution in [0.25, 0.3) is 0 Å². The van der Waals surface area contributed by atoms with Crippen molar-refractivity contribution < 1.29 is 9.47 Å². The van der Waals surface area contributed by atoms with Crippen LogP contribution >= 0.6 is 0 Å². The van der Waals surface area contributed by atoms with Gasteiger partial charge in [-0.1, -0.05) is 13.0 Å². The van der Waals surface area contributed by atoms with Gasteiger partial charge in [-0.3, -0.25) is 0 Å². The lowest BCUT2D eigenvalue weighted by Crippen LogP contribution is -2.31. The fourth-order valence-electron chi connectivity index (χ4n) is 1.92. The predicted octanol–water partition coefficient (Wildman–Crippen LogP) is 1.46. The third kappa shape index (κ3) is 5.86. The Bertz CT molecular complexity index is 349. The van der Waals surface area contributed by atoms with E-state index in [1.54, 1.807) is 14.2 Å². The second kappa shape index (κ2) is 9.69. The average Bonchev–Trinajstić information content (AvgIpc) is 2.48. The van der Waals surface area contributed by atoms with Crippen molar-refractivity contribution >= 4 is 5.82 Å². The standard InChI is InChI=1S/C15H27N3O2/c1-4-14(16)11-13-5-6-15(17-12-13)18(7-9-19-2)8-10-20-3/h5-6,12,14H,4,7-11,16H2,1-3H3. The van der Waals surface area contributed by atoms with Crippen LogP contribution in [0.4, 0.5) is 5.82 Å². The zero-order valence-electron chi connectivity index (χ0n) is 12.8. The van der Waals surface area contributed by atoms with Crippen molar-refractivity contribution in [2.45, 2.75) is 25.8 Å². The third-order valence-corrected chi connectivity index (χ3v) is 3.29. The quantitative estimate of drug-likeness (QED) is 0.703. The van der Waals surface area contributed by atoms with Gasteiger partial charge in [0.25, 0.3) is 0 Å². The van der Waals surface area contributed by atoms with Crippen molar-refractivity contribution in [2.75, 3.05) is 45.4 Å². The van der Waals surface area contributed by atoms with Crippen LogP contribution in [0, 0.1) is 0 Å². The van der Waals surface area contributed by atoms with Gasteiger partial charge in [0.15, 0.2) is 0 Å². The highest BCUT2D eigenvalue weighted by atomic mass is 16.5. The molecule has 0 spiro atoms. The van der Waals surface area contributed by atoms with E-state index in [2.05, 4.69) is 22.9 Å². The zero-order chi connectivity index (χ0) is 14.8. The van der Waals surface area contributed by atoms with E-state index >= 15 is 0 Å². The molecular weight excluding hydrogens is 254 g/mol. The highest BCUT2D eigenvalue weighted by Gasteiger charge is 2.08. The summed E-state index contributed by atoms with van der Waals surface area (Å²) in [7, 11) is 3.41. The minimum absolute atomic E-state index is 0.209. The highest BCUT2D eigenvalue weighted by Crippen LogP contribution is 2.12. The molecule has 0 saturated heterocycles. The number of rotatable bonds is 10. The first-order valence-electron chi connectivity index (χ1n) is 7.14. The van der Waals surface area contributed by atoms with Crippen molar-refractivity contribution in [3.63, 3.8) is 0 Å². The molecule has 0 bridgehead atoms. The van der Waals surface area contributed by atoms with E-state index in [-0.39, 0.29) is 6.04 Å². The predicted molar refractivity (Wildman–Crippen MR) is 82.2 cm³/mol. The summed E-state index contributed by atoms with van der Waals surface area (Å²) < 4.78 is 10.3. The molecule has 5 nitrogen and oxygen atoms in total. The first-order chi connectivity index (χ1) is 9.71. The number of hydrogen-bond acceptors (Lipinski definition) is 5. The summed E-state index contributed by atoms with van der Waals surface area (Å²) >= 11 is 0. The lowest BCUT2D eigenvalue weighted by Gasteiger charge is -2.23. The fourth-order valence-corrected chi connectivity index (χ4v) is 1.92. The molecule has 0 amide bonds. The molecule has 0 aliphatic carbocycles. The van der Waals surface area contributed by atoms with Crippen molar-refractivity contribution in [1.82, 2.24) is 4.98 Å². The van der Waals surface area contributed by atoms with Crippen LogP contribution in [0.5, 0.6) is 0 Å². The molecule has 0 aliphatic rings. The van der Waals surface area contributed by atoms with Crippen LogP contribution in [-0.2, 0) is 15.9 Å². The molecular formula is C15H27N3O2. The normalized spacial score (nSPS) is 12.4. The van der Waals surface area contributed by atoms with Crippen LogP contribution < -0.4 is 10.6 Å². The molecule has 0 aliphatic heterocycles. The Morgan fingerprint density at radius 1 is 1.20 bits per heavy atom. The summed E-state index contributed by atoms with van der Waals surface area (Å²) in [6, 6.07) is 4.36. The Hall–Kier alpha value is -1.17. The average molecular weight is 281 g/mol. The Morgan fingerprint density at radius 2 is 1.85 bits per heavy atom. The maximum absolute atomic E-state index is 5.96. The van der Waals surface area contributed by atoms with Crippen LogP contribution in [-0.4, -0.2) is 51.5 Å². The second-order valence-electron chi connectivity index (χ2n) is 4.87. The first-order valence-corrected chi connectivity index (χ1v) is 7.14. The van der Waals surface area contributed by atoms with Gasteiger partial charge in [0.05, 0.1) is 13.2 Å². The van der Waals surface area contributed by atoms with Gasteiger partial charge in [-0.05, 0) is 24.5 Å². The van der Waals surface area contributed by atoms with E-state index in [1.165, 1.54) is 5.56 Å². The van der Waals surface area contributed by atoms with Gasteiger partial charge < -0.3 is 20.1 Å². The largest absolute Gasteiger partial charge is 0.383 e. The molecule has 1 unspecified atom stereocenters. The molecule has 20 heavy (non-hydrogen) atoms. The minimum atomic E-state index is 0.209. The number of aromatic nitrogens is 1. The smallest absolute Gasteiger partial charge is 0.128 e. The SMILES string of the molecule is CCC(N)Cc1ccc(N(CCOC)CCOC)nc1. The minimum Gasteiger partial charge on any atom is -0.383 e. The van der Waals surface area contributed by atoms with Gasteiger partial charge in [-0.2, -0.15) is 0 Å². The van der Waals surface area contributed by atoms with Crippen LogP contribution in [0.1, 0.15) is 18.9 Å². The maximum atomic E-state index is 5.96. The van der Waals surface area contributed by atoms with Gasteiger partial charge in [0.1, 0.15) is 5.82 Å². The molecule has 0 aromatic carbocycles. The van der Waals surface area contributed by atoms with Gasteiger partial charge in [-0.15, -0.1) is 0 Å². The number of ether oxygens (including phenoxy) is 2. The molecule has 0 fully saturated rings. The van der Waals surface area contributed by atoms with Crippen molar-refractivity contribution in [2.24, 2.45) is 5.73 Å². The zero-order valence-corrected chi connectivity index (χ0v) is 12.8. The Morgan fingerprint density at radius 3 is 2.30 bits per heavy atom. The molecule has 2 N–H and O–H groups in total. The number of methoxy groups -OCH3 is 2. The molecule has 0 radical (unpaired) electrons. The monoisotopic (exact) mass is 281 g/mol. The van der Waals surface area contributed by atoms with E-state index in [1.807, 2.05) is 12.3 Å². The topological polar surface area (TPSA) is 60.6 Å². The second-order valence-corrected chi connectivity index (χ2v) is 4.87. The van der Waals surface area contributed by atoms with Gasteiger partial charge in [0, 0.05) is 39.5 Å². The number of nitrogens with zero attached hydrogens (tertiary/aromatic N) is 2. The lowest BCUT2D eigenvalue weighted by molar-refractivity contribution is 0.190. The lowest BCUT2D eigenvalue weighted by atomic mass is 10.1. The third-order valence-electron chi connectivity index (χ3n) is 3.29. The maximum Gasteiger partial charge on any atom is 0.128 e. The molecule has 0 saturated carbocycles. The van der Waals surface area contributed by atoms with E-state index < -0.39 is 0 Å². The van der Waals surface area contributed by atoms with Crippen molar-refractivity contribution in [3.05, 3.63) is 23.9 Å². The summed E-state index contributed by atoms with van der Waals surface area (Å²) in [6.07, 6.45) is 3.77. The van der Waals surface area contributed by atoms with E-state index in [0.717, 1.165) is 31.7 Å². The van der Waals surface area contributed by atoms with Crippen LogP contribution in [0.15, 0.2) is 18.3 Å². The highest BCUT2D eigenvalue weighted by molar-refractivity contribution is 5.39. The van der Waals surface area contributed by atoms with Crippen LogP contribution in [0.2, 0.25) is 0 Å². The molecule has 114 valence electrons.